The number of carbonyl (C=O) groups excluding carboxylic acids is 1. The maximum Gasteiger partial charge on any atom is 0.326 e. The van der Waals surface area contributed by atoms with Crippen LogP contribution in [0.25, 0.3) is 0 Å². The summed E-state index contributed by atoms with van der Waals surface area (Å²) in [6.07, 6.45) is 4.78. The van der Waals surface area contributed by atoms with Gasteiger partial charge in [0.1, 0.15) is 11.6 Å². The Hall–Kier alpha value is -0.570. The van der Waals surface area contributed by atoms with E-state index in [2.05, 4.69) is 0 Å². The van der Waals surface area contributed by atoms with Crippen molar-refractivity contribution in [3.8, 4) is 0 Å². The quantitative estimate of drug-likeness (QED) is 0.731. The van der Waals surface area contributed by atoms with Crippen LogP contribution in [0.15, 0.2) is 0 Å². The minimum atomic E-state index is -0.707. The molecule has 15 heavy (non-hydrogen) atoms. The van der Waals surface area contributed by atoms with Crippen LogP contribution in [-0.4, -0.2) is 17.6 Å². The molecule has 0 radical (unpaired) electrons. The Bertz CT molecular complexity index is 220. The van der Waals surface area contributed by atoms with Gasteiger partial charge in [-0.1, -0.05) is 33.1 Å². The van der Waals surface area contributed by atoms with Crippen LogP contribution in [0.4, 0.5) is 0 Å². The number of hydrogen-bond acceptors (Lipinski definition) is 3. The molecule has 2 N–H and O–H groups in total. The molecule has 0 aliphatic heterocycles. The first-order chi connectivity index (χ1) is 6.96. The molecule has 0 spiro atoms. The third-order valence-electron chi connectivity index (χ3n) is 3.38. The fourth-order valence-electron chi connectivity index (χ4n) is 1.81. The van der Waals surface area contributed by atoms with Crippen LogP contribution >= 0.6 is 0 Å². The zero-order chi connectivity index (χ0) is 11.5. The molecule has 1 aliphatic carbocycles. The van der Waals surface area contributed by atoms with Crippen LogP contribution in [0, 0.1) is 5.92 Å². The van der Waals surface area contributed by atoms with Crippen molar-refractivity contribution in [3.63, 3.8) is 0 Å². The Balaban J connectivity index is 2.51. The second-order valence-electron chi connectivity index (χ2n) is 5.07. The highest BCUT2D eigenvalue weighted by Crippen LogP contribution is 2.27. The molecule has 0 saturated heterocycles. The highest BCUT2D eigenvalue weighted by molar-refractivity contribution is 5.80. The minimum absolute atomic E-state index is 0.0418. The molecule has 1 fully saturated rings. The molecule has 0 heterocycles. The maximum atomic E-state index is 11.9. The van der Waals surface area contributed by atoms with Gasteiger partial charge in [0.15, 0.2) is 0 Å². The van der Waals surface area contributed by atoms with Gasteiger partial charge in [0.2, 0.25) is 0 Å². The van der Waals surface area contributed by atoms with Gasteiger partial charge in [0, 0.05) is 0 Å². The van der Waals surface area contributed by atoms with Crippen LogP contribution in [0.2, 0.25) is 0 Å². The van der Waals surface area contributed by atoms with Crippen molar-refractivity contribution in [3.05, 3.63) is 0 Å². The van der Waals surface area contributed by atoms with E-state index in [1.807, 2.05) is 20.8 Å². The van der Waals surface area contributed by atoms with E-state index in [4.69, 9.17) is 10.5 Å². The van der Waals surface area contributed by atoms with Gasteiger partial charge >= 0.3 is 5.97 Å². The first-order valence-electron chi connectivity index (χ1n) is 5.96. The fraction of sp³-hybridized carbons (Fsp3) is 0.917. The van der Waals surface area contributed by atoms with Gasteiger partial charge in [0.05, 0.1) is 0 Å². The predicted octanol–water partition coefficient (Wildman–Crippen LogP) is 2.24. The first kappa shape index (κ1) is 12.5. The second-order valence-corrected chi connectivity index (χ2v) is 5.07. The molecule has 88 valence electrons. The van der Waals surface area contributed by atoms with E-state index in [0.717, 1.165) is 25.7 Å². The van der Waals surface area contributed by atoms with Gasteiger partial charge in [-0.3, -0.25) is 4.79 Å². The van der Waals surface area contributed by atoms with Gasteiger partial charge in [-0.05, 0) is 25.7 Å². The first-order valence-corrected chi connectivity index (χ1v) is 5.96. The molecular formula is C12H23NO2. The van der Waals surface area contributed by atoms with Gasteiger partial charge in [-0.2, -0.15) is 0 Å². The third-order valence-corrected chi connectivity index (χ3v) is 3.38. The molecular weight excluding hydrogens is 190 g/mol. The number of nitrogens with two attached hydrogens (primary N) is 1. The van der Waals surface area contributed by atoms with Crippen molar-refractivity contribution in [2.24, 2.45) is 11.7 Å². The second kappa shape index (κ2) is 4.97. The van der Waals surface area contributed by atoms with Crippen molar-refractivity contribution in [2.75, 3.05) is 0 Å². The molecule has 0 aromatic carbocycles. The Morgan fingerprint density at radius 1 is 1.20 bits per heavy atom. The lowest BCUT2D eigenvalue weighted by atomic mass is 9.82. The predicted molar refractivity (Wildman–Crippen MR) is 60.4 cm³/mol. The summed E-state index contributed by atoms with van der Waals surface area (Å²) < 4.78 is 5.39. The third kappa shape index (κ3) is 3.20. The standard InChI is InChI=1S/C12H23NO2/c1-9(2)10(3)15-11(14)12(13)7-5-4-6-8-12/h9-10H,4-8,13H2,1-3H3. The van der Waals surface area contributed by atoms with E-state index in [9.17, 15) is 4.79 Å². The van der Waals surface area contributed by atoms with E-state index in [1.165, 1.54) is 6.42 Å². The van der Waals surface area contributed by atoms with E-state index in [0.29, 0.717) is 5.92 Å². The molecule has 0 aromatic rings. The lowest BCUT2D eigenvalue weighted by Crippen LogP contribution is -2.51. The summed E-state index contributed by atoms with van der Waals surface area (Å²) in [5, 5.41) is 0. The van der Waals surface area contributed by atoms with E-state index < -0.39 is 5.54 Å². The molecule has 1 rings (SSSR count). The van der Waals surface area contributed by atoms with E-state index in [1.54, 1.807) is 0 Å². The number of esters is 1. The van der Waals surface area contributed by atoms with Gasteiger partial charge < -0.3 is 10.5 Å². The molecule has 1 unspecified atom stereocenters. The molecule has 0 bridgehead atoms. The summed E-state index contributed by atoms with van der Waals surface area (Å²) in [6.45, 7) is 6.01. The summed E-state index contributed by atoms with van der Waals surface area (Å²) >= 11 is 0. The van der Waals surface area contributed by atoms with Gasteiger partial charge in [-0.25, -0.2) is 0 Å². The molecule has 3 heteroatoms. The lowest BCUT2D eigenvalue weighted by Gasteiger charge is -2.32. The molecule has 1 saturated carbocycles. The summed E-state index contributed by atoms with van der Waals surface area (Å²) in [7, 11) is 0. The van der Waals surface area contributed by atoms with Crippen molar-refractivity contribution in [1.29, 1.82) is 0 Å². The summed E-state index contributed by atoms with van der Waals surface area (Å²) in [5.41, 5.74) is 5.37. The molecule has 1 aliphatic rings. The van der Waals surface area contributed by atoms with E-state index in [-0.39, 0.29) is 12.1 Å². The maximum absolute atomic E-state index is 11.9. The SMILES string of the molecule is CC(C)C(C)OC(=O)C1(N)CCCCC1. The number of hydrogen-bond donors (Lipinski definition) is 1. The van der Waals surface area contributed by atoms with Crippen molar-refractivity contribution in [1.82, 2.24) is 0 Å². The largest absolute Gasteiger partial charge is 0.461 e. The Morgan fingerprint density at radius 2 is 1.73 bits per heavy atom. The average molecular weight is 213 g/mol. The van der Waals surface area contributed by atoms with Crippen LogP contribution in [-0.2, 0) is 9.53 Å². The molecule has 1 atom stereocenters. The molecule has 3 nitrogen and oxygen atoms in total. The van der Waals surface area contributed by atoms with Gasteiger partial charge in [0.25, 0.3) is 0 Å². The normalized spacial score (nSPS) is 22.5. The highest BCUT2D eigenvalue weighted by atomic mass is 16.5. The Labute approximate surface area is 92.4 Å². The molecule has 0 amide bonds. The fourth-order valence-corrected chi connectivity index (χ4v) is 1.81. The van der Waals surface area contributed by atoms with Crippen molar-refractivity contribution >= 4 is 5.97 Å². The number of rotatable bonds is 3. The Kier molecular flexibility index (Phi) is 4.14. The Morgan fingerprint density at radius 3 is 2.20 bits per heavy atom. The zero-order valence-corrected chi connectivity index (χ0v) is 10.1. The minimum Gasteiger partial charge on any atom is -0.461 e. The van der Waals surface area contributed by atoms with Crippen LogP contribution in [0.5, 0.6) is 0 Å². The highest BCUT2D eigenvalue weighted by Gasteiger charge is 2.37. The summed E-state index contributed by atoms with van der Waals surface area (Å²) in [4.78, 5) is 11.9. The monoisotopic (exact) mass is 213 g/mol. The van der Waals surface area contributed by atoms with Crippen LogP contribution in [0.3, 0.4) is 0 Å². The van der Waals surface area contributed by atoms with E-state index >= 15 is 0 Å². The smallest absolute Gasteiger partial charge is 0.326 e. The van der Waals surface area contributed by atoms with Crippen molar-refractivity contribution < 1.29 is 9.53 Å². The van der Waals surface area contributed by atoms with Gasteiger partial charge in [-0.15, -0.1) is 0 Å². The van der Waals surface area contributed by atoms with Crippen LogP contribution < -0.4 is 5.73 Å². The summed E-state index contributed by atoms with van der Waals surface area (Å²) in [6, 6.07) is 0. The lowest BCUT2D eigenvalue weighted by molar-refractivity contribution is -0.158. The zero-order valence-electron chi connectivity index (χ0n) is 10.1. The topological polar surface area (TPSA) is 52.3 Å². The molecule has 0 aromatic heterocycles. The number of ether oxygens (including phenoxy) is 1. The summed E-state index contributed by atoms with van der Waals surface area (Å²) in [5.74, 6) is 0.143. The van der Waals surface area contributed by atoms with Crippen molar-refractivity contribution in [2.45, 2.75) is 64.5 Å². The number of carbonyl (C=O) groups is 1. The van der Waals surface area contributed by atoms with Crippen LogP contribution in [0.1, 0.15) is 52.9 Å². The average Bonchev–Trinajstić information content (AvgIpc) is 2.18.